The van der Waals surface area contributed by atoms with Crippen LogP contribution in [-0.2, 0) is 6.54 Å². The Morgan fingerprint density at radius 2 is 1.67 bits per heavy atom. The molecule has 0 aliphatic carbocycles. The maximum atomic E-state index is 12.0. The number of nitrogens with zero attached hydrogens (tertiary/aromatic N) is 4. The molecule has 4 aromatic rings. The third-order valence-electron chi connectivity index (χ3n) is 4.25. The Morgan fingerprint density at radius 1 is 0.933 bits per heavy atom. The molecule has 0 saturated carbocycles. The van der Waals surface area contributed by atoms with Crippen LogP contribution in [0.3, 0.4) is 0 Å². The summed E-state index contributed by atoms with van der Waals surface area (Å²) in [7, 11) is 0. The lowest BCUT2D eigenvalue weighted by molar-refractivity contribution is 0.0879. The minimum atomic E-state index is -0.909. The van der Waals surface area contributed by atoms with Gasteiger partial charge in [-0.2, -0.15) is 5.10 Å². The highest BCUT2D eigenvalue weighted by atomic mass is 16.5. The van der Waals surface area contributed by atoms with E-state index in [1.54, 1.807) is 53.6 Å². The van der Waals surface area contributed by atoms with Crippen LogP contribution < -0.4 is 15.0 Å². The number of hydrogen-bond donors (Lipinski definition) is 1. The summed E-state index contributed by atoms with van der Waals surface area (Å²) < 4.78 is 14.2. The van der Waals surface area contributed by atoms with Crippen LogP contribution in [0.4, 0.5) is 0 Å². The number of benzene rings is 2. The number of imidazole rings is 1. The number of hydrogen-bond acceptors (Lipinski definition) is 6. The summed E-state index contributed by atoms with van der Waals surface area (Å²) in [4.78, 5) is 16.0. The first-order valence-electron chi connectivity index (χ1n) is 9.38. The van der Waals surface area contributed by atoms with Crippen molar-refractivity contribution in [2.45, 2.75) is 12.6 Å². The van der Waals surface area contributed by atoms with E-state index in [4.69, 9.17) is 9.47 Å². The highest BCUT2D eigenvalue weighted by Gasteiger charge is 2.10. The molecule has 0 saturated heterocycles. The number of aliphatic hydroxyl groups excluding tert-OH is 1. The number of para-hydroxylation sites is 1. The lowest BCUT2D eigenvalue weighted by Gasteiger charge is -2.14. The van der Waals surface area contributed by atoms with Crippen molar-refractivity contribution in [3.63, 3.8) is 0 Å². The van der Waals surface area contributed by atoms with Gasteiger partial charge in [-0.15, -0.1) is 0 Å². The fourth-order valence-electron chi connectivity index (χ4n) is 2.77. The van der Waals surface area contributed by atoms with Crippen LogP contribution in [0.1, 0.15) is 0 Å². The molecule has 30 heavy (non-hydrogen) atoms. The van der Waals surface area contributed by atoms with E-state index in [2.05, 4.69) is 10.1 Å². The molecule has 2 aromatic carbocycles. The number of ether oxygens (including phenoxy) is 2. The van der Waals surface area contributed by atoms with Crippen molar-refractivity contribution in [3.05, 3.63) is 95.8 Å². The molecular weight excluding hydrogens is 384 g/mol. The van der Waals surface area contributed by atoms with Crippen molar-refractivity contribution in [3.8, 4) is 23.1 Å². The average Bonchev–Trinajstić information content (AvgIpc) is 3.31. The van der Waals surface area contributed by atoms with Gasteiger partial charge in [0.1, 0.15) is 36.3 Å². The first-order valence-corrected chi connectivity index (χ1v) is 9.38. The average molecular weight is 404 g/mol. The SMILES string of the molecule is O=c1ccc(-n2ccnc2)nn1C[C@@H](O)COc1ccc(Oc2ccccc2)cc1. The van der Waals surface area contributed by atoms with Gasteiger partial charge in [-0.25, -0.2) is 9.67 Å². The maximum Gasteiger partial charge on any atom is 0.266 e. The van der Waals surface area contributed by atoms with Crippen LogP contribution in [0.15, 0.2) is 90.2 Å². The van der Waals surface area contributed by atoms with Gasteiger partial charge in [0.15, 0.2) is 5.82 Å². The highest BCUT2D eigenvalue weighted by Crippen LogP contribution is 2.23. The van der Waals surface area contributed by atoms with Gasteiger partial charge < -0.3 is 14.6 Å². The molecule has 1 atom stereocenters. The van der Waals surface area contributed by atoms with E-state index in [1.165, 1.54) is 10.7 Å². The van der Waals surface area contributed by atoms with Gasteiger partial charge in [-0.1, -0.05) is 18.2 Å². The summed E-state index contributed by atoms with van der Waals surface area (Å²) in [6, 6.07) is 19.6. The molecule has 0 amide bonds. The molecule has 2 heterocycles. The van der Waals surface area contributed by atoms with E-state index in [9.17, 15) is 9.90 Å². The first kappa shape index (κ1) is 19.4. The Labute approximate surface area is 172 Å². The highest BCUT2D eigenvalue weighted by molar-refractivity contribution is 5.35. The summed E-state index contributed by atoms with van der Waals surface area (Å²) in [5, 5.41) is 14.5. The van der Waals surface area contributed by atoms with Crippen molar-refractivity contribution in [2.24, 2.45) is 0 Å². The van der Waals surface area contributed by atoms with Crippen molar-refractivity contribution in [1.82, 2.24) is 19.3 Å². The summed E-state index contributed by atoms with van der Waals surface area (Å²) in [6.07, 6.45) is 4.02. The van der Waals surface area contributed by atoms with Gasteiger partial charge in [0, 0.05) is 18.5 Å². The van der Waals surface area contributed by atoms with Gasteiger partial charge in [-0.05, 0) is 42.5 Å². The minimum absolute atomic E-state index is 0.0105. The summed E-state index contributed by atoms with van der Waals surface area (Å²) in [5.41, 5.74) is -0.305. The molecule has 8 nitrogen and oxygen atoms in total. The van der Waals surface area contributed by atoms with Crippen LogP contribution in [0, 0.1) is 0 Å². The molecule has 152 valence electrons. The fraction of sp³-hybridized carbons (Fsp3) is 0.136. The topological polar surface area (TPSA) is 91.4 Å². The zero-order chi connectivity index (χ0) is 20.8. The van der Waals surface area contributed by atoms with Crippen LogP contribution >= 0.6 is 0 Å². The predicted molar refractivity (Wildman–Crippen MR) is 110 cm³/mol. The standard InChI is InChI=1S/C22H20N4O4/c27-17(14-26-22(28)11-10-21(24-26)25-13-12-23-16-25)15-29-18-6-8-20(9-7-18)30-19-4-2-1-3-5-19/h1-13,16-17,27H,14-15H2/t17-/m1/s1. The molecule has 0 bridgehead atoms. The Kier molecular flexibility index (Phi) is 5.86. The normalized spacial score (nSPS) is 11.8. The Bertz CT molecular complexity index is 1130. The van der Waals surface area contributed by atoms with Crippen LogP contribution in [0.25, 0.3) is 5.82 Å². The molecule has 0 aliphatic rings. The second kappa shape index (κ2) is 9.06. The summed E-state index contributed by atoms with van der Waals surface area (Å²) in [6.45, 7) is 0.0267. The summed E-state index contributed by atoms with van der Waals surface area (Å²) >= 11 is 0. The van der Waals surface area contributed by atoms with Crippen LogP contribution in [-0.4, -0.2) is 37.1 Å². The predicted octanol–water partition coefficient (Wildman–Crippen LogP) is 2.66. The Morgan fingerprint density at radius 3 is 2.40 bits per heavy atom. The molecule has 0 fully saturated rings. The third-order valence-corrected chi connectivity index (χ3v) is 4.25. The van der Waals surface area contributed by atoms with Gasteiger partial charge in [0.25, 0.3) is 5.56 Å². The first-order chi connectivity index (χ1) is 14.7. The molecule has 0 aliphatic heterocycles. The zero-order valence-corrected chi connectivity index (χ0v) is 16.0. The van der Waals surface area contributed by atoms with Gasteiger partial charge in [0.05, 0.1) is 6.54 Å². The molecule has 8 heteroatoms. The lowest BCUT2D eigenvalue weighted by Crippen LogP contribution is -2.32. The Balaban J connectivity index is 1.33. The van der Waals surface area contributed by atoms with Gasteiger partial charge in [0.2, 0.25) is 0 Å². The molecular formula is C22H20N4O4. The zero-order valence-electron chi connectivity index (χ0n) is 16.0. The van der Waals surface area contributed by atoms with Crippen molar-refractivity contribution in [2.75, 3.05) is 6.61 Å². The fourth-order valence-corrected chi connectivity index (χ4v) is 2.77. The summed E-state index contributed by atoms with van der Waals surface area (Å²) in [5.74, 6) is 2.55. The van der Waals surface area contributed by atoms with E-state index < -0.39 is 6.10 Å². The quantitative estimate of drug-likeness (QED) is 0.486. The second-order valence-corrected chi connectivity index (χ2v) is 6.53. The molecule has 2 aromatic heterocycles. The molecule has 1 N–H and O–H groups in total. The number of aromatic nitrogens is 4. The van der Waals surface area contributed by atoms with E-state index >= 15 is 0 Å². The van der Waals surface area contributed by atoms with Crippen LogP contribution in [0.5, 0.6) is 17.2 Å². The molecule has 4 rings (SSSR count). The molecule has 0 radical (unpaired) electrons. The van der Waals surface area contributed by atoms with E-state index in [0.29, 0.717) is 17.3 Å². The van der Waals surface area contributed by atoms with Gasteiger partial charge >= 0.3 is 0 Å². The van der Waals surface area contributed by atoms with Crippen LogP contribution in [0.2, 0.25) is 0 Å². The Hall–Kier alpha value is -3.91. The molecule has 0 unspecified atom stereocenters. The monoisotopic (exact) mass is 404 g/mol. The number of rotatable bonds is 8. The van der Waals surface area contributed by atoms with E-state index in [-0.39, 0.29) is 18.7 Å². The number of aliphatic hydroxyl groups is 1. The van der Waals surface area contributed by atoms with E-state index in [0.717, 1.165) is 5.75 Å². The molecule has 0 spiro atoms. The smallest absolute Gasteiger partial charge is 0.266 e. The third kappa shape index (κ3) is 4.92. The minimum Gasteiger partial charge on any atom is -0.491 e. The van der Waals surface area contributed by atoms with Gasteiger partial charge in [-0.3, -0.25) is 9.36 Å². The lowest BCUT2D eigenvalue weighted by atomic mass is 10.3. The van der Waals surface area contributed by atoms with E-state index in [1.807, 2.05) is 30.3 Å². The maximum absolute atomic E-state index is 12.0. The van der Waals surface area contributed by atoms with Crippen molar-refractivity contribution in [1.29, 1.82) is 0 Å². The second-order valence-electron chi connectivity index (χ2n) is 6.53. The van der Waals surface area contributed by atoms with Crippen molar-refractivity contribution < 1.29 is 14.6 Å². The van der Waals surface area contributed by atoms with Crippen molar-refractivity contribution >= 4 is 0 Å². The largest absolute Gasteiger partial charge is 0.491 e.